The van der Waals surface area contributed by atoms with Crippen LogP contribution in [0.15, 0.2) is 36.5 Å². The average molecular weight is 342 g/mol. The number of carbonyl (C=O) groups excluding carboxylic acids is 1. The molecule has 1 aromatic carbocycles. The van der Waals surface area contributed by atoms with Crippen LogP contribution >= 0.6 is 0 Å². The number of aliphatic hydroxyl groups excluding tert-OH is 1. The summed E-state index contributed by atoms with van der Waals surface area (Å²) in [6, 6.07) is 10.2. The number of amides is 1. The standard InChI is InChI=1S/C19H26N4O2/c1-13-16(12-23(3)21-13)20-19(25)15-9-10-17(18(15)24)22(2)11-14-7-5-4-6-8-14/h4-8,12,15,17-18,24H,9-11H2,1-3H3,(H,20,25)/t15-,17-,18+/m1/s1. The predicted octanol–water partition coefficient (Wildman–Crippen LogP) is 1.94. The molecule has 2 N–H and O–H groups in total. The second-order valence-corrected chi connectivity index (χ2v) is 6.93. The first-order chi connectivity index (χ1) is 12.0. The lowest BCUT2D eigenvalue weighted by molar-refractivity contribution is -0.123. The molecule has 6 heteroatoms. The summed E-state index contributed by atoms with van der Waals surface area (Å²) in [6.45, 7) is 2.62. The number of hydrogen-bond donors (Lipinski definition) is 2. The third-order valence-corrected chi connectivity index (χ3v) is 5.03. The van der Waals surface area contributed by atoms with Gasteiger partial charge in [0.2, 0.25) is 5.91 Å². The van der Waals surface area contributed by atoms with Crippen LogP contribution < -0.4 is 5.32 Å². The first-order valence-corrected chi connectivity index (χ1v) is 8.69. The van der Waals surface area contributed by atoms with E-state index in [0.29, 0.717) is 12.1 Å². The number of carbonyl (C=O) groups is 1. The maximum absolute atomic E-state index is 12.6. The Morgan fingerprint density at radius 2 is 2.08 bits per heavy atom. The van der Waals surface area contributed by atoms with Crippen molar-refractivity contribution in [3.63, 3.8) is 0 Å². The van der Waals surface area contributed by atoms with Gasteiger partial charge in [-0.15, -0.1) is 0 Å². The zero-order valence-corrected chi connectivity index (χ0v) is 15.0. The number of nitrogens with one attached hydrogen (secondary N) is 1. The highest BCUT2D eigenvalue weighted by Gasteiger charge is 2.41. The Morgan fingerprint density at radius 3 is 2.72 bits per heavy atom. The Balaban J connectivity index is 1.61. The number of hydrogen-bond acceptors (Lipinski definition) is 4. The van der Waals surface area contributed by atoms with Crippen molar-refractivity contribution in [3.05, 3.63) is 47.8 Å². The molecule has 2 aromatic rings. The molecule has 25 heavy (non-hydrogen) atoms. The van der Waals surface area contributed by atoms with Crippen LogP contribution in [-0.4, -0.2) is 44.9 Å². The SMILES string of the molecule is Cc1nn(C)cc1NC(=O)[C@@H]1CC[C@@H](N(C)Cc2ccccc2)[C@H]1O. The van der Waals surface area contributed by atoms with Gasteiger partial charge in [0.05, 0.1) is 23.4 Å². The van der Waals surface area contributed by atoms with Crippen LogP contribution in [0.3, 0.4) is 0 Å². The van der Waals surface area contributed by atoms with Crippen LogP contribution in [0.4, 0.5) is 5.69 Å². The molecule has 1 aromatic heterocycles. The fourth-order valence-electron chi connectivity index (χ4n) is 3.66. The normalized spacial score (nSPS) is 23.2. The van der Waals surface area contributed by atoms with E-state index < -0.39 is 6.10 Å². The van der Waals surface area contributed by atoms with E-state index in [2.05, 4.69) is 27.4 Å². The molecular weight excluding hydrogens is 316 g/mol. The van der Waals surface area contributed by atoms with Gasteiger partial charge in [0, 0.05) is 25.8 Å². The molecule has 0 bridgehead atoms. The van der Waals surface area contributed by atoms with E-state index >= 15 is 0 Å². The fourth-order valence-corrected chi connectivity index (χ4v) is 3.66. The quantitative estimate of drug-likeness (QED) is 0.871. The summed E-state index contributed by atoms with van der Waals surface area (Å²) >= 11 is 0. The number of benzene rings is 1. The average Bonchev–Trinajstić information content (AvgIpc) is 3.10. The second kappa shape index (κ2) is 7.37. The number of aryl methyl sites for hydroxylation is 2. The van der Waals surface area contributed by atoms with Gasteiger partial charge in [0.25, 0.3) is 0 Å². The number of nitrogens with zero attached hydrogens (tertiary/aromatic N) is 3. The molecule has 0 saturated heterocycles. The molecule has 0 radical (unpaired) electrons. The minimum absolute atomic E-state index is 0.00838. The van der Waals surface area contributed by atoms with E-state index in [-0.39, 0.29) is 17.9 Å². The van der Waals surface area contributed by atoms with E-state index in [1.54, 1.807) is 10.9 Å². The zero-order chi connectivity index (χ0) is 18.0. The van der Waals surface area contributed by atoms with Gasteiger partial charge >= 0.3 is 0 Å². The molecule has 1 aliphatic rings. The Labute approximate surface area is 148 Å². The third-order valence-electron chi connectivity index (χ3n) is 5.03. The summed E-state index contributed by atoms with van der Waals surface area (Å²) < 4.78 is 1.67. The van der Waals surface area contributed by atoms with Gasteiger partial charge in [-0.05, 0) is 32.4 Å². The number of aliphatic hydroxyl groups is 1. The Morgan fingerprint density at radius 1 is 1.36 bits per heavy atom. The number of aromatic nitrogens is 2. The van der Waals surface area contributed by atoms with Crippen molar-refractivity contribution in [3.8, 4) is 0 Å². The van der Waals surface area contributed by atoms with Crippen molar-refractivity contribution < 1.29 is 9.90 Å². The Kier molecular flexibility index (Phi) is 5.20. The lowest BCUT2D eigenvalue weighted by atomic mass is 10.0. The van der Waals surface area contributed by atoms with Gasteiger partial charge in [0.15, 0.2) is 0 Å². The molecule has 134 valence electrons. The van der Waals surface area contributed by atoms with Crippen LogP contribution in [-0.2, 0) is 18.4 Å². The highest BCUT2D eigenvalue weighted by molar-refractivity contribution is 5.93. The highest BCUT2D eigenvalue weighted by atomic mass is 16.3. The number of rotatable bonds is 5. The molecule has 1 fully saturated rings. The lowest BCUT2D eigenvalue weighted by Gasteiger charge is -2.28. The fraction of sp³-hybridized carbons (Fsp3) is 0.474. The van der Waals surface area contributed by atoms with Gasteiger partial charge in [-0.1, -0.05) is 30.3 Å². The minimum Gasteiger partial charge on any atom is -0.391 e. The van der Waals surface area contributed by atoms with Gasteiger partial charge < -0.3 is 10.4 Å². The summed E-state index contributed by atoms with van der Waals surface area (Å²) in [7, 11) is 3.83. The molecule has 1 saturated carbocycles. The van der Waals surface area contributed by atoms with Gasteiger partial charge in [0.1, 0.15) is 0 Å². The van der Waals surface area contributed by atoms with Gasteiger partial charge in [-0.25, -0.2) is 0 Å². The molecule has 0 unspecified atom stereocenters. The maximum atomic E-state index is 12.6. The van der Waals surface area contributed by atoms with Crippen molar-refractivity contribution in [1.29, 1.82) is 0 Å². The number of anilines is 1. The van der Waals surface area contributed by atoms with Crippen LogP contribution in [0.1, 0.15) is 24.1 Å². The topological polar surface area (TPSA) is 70.4 Å². The molecule has 1 heterocycles. The van der Waals surface area contributed by atoms with E-state index in [9.17, 15) is 9.90 Å². The largest absolute Gasteiger partial charge is 0.391 e. The van der Waals surface area contributed by atoms with E-state index in [1.165, 1.54) is 5.56 Å². The summed E-state index contributed by atoms with van der Waals surface area (Å²) in [6.07, 6.45) is 2.63. The monoisotopic (exact) mass is 342 g/mol. The van der Waals surface area contributed by atoms with E-state index in [0.717, 1.165) is 18.7 Å². The summed E-state index contributed by atoms with van der Waals surface area (Å²) in [4.78, 5) is 14.7. The molecule has 1 amide bonds. The van der Waals surface area contributed by atoms with Crippen LogP contribution in [0.5, 0.6) is 0 Å². The Bertz CT molecular complexity index is 728. The van der Waals surface area contributed by atoms with Crippen LogP contribution in [0.2, 0.25) is 0 Å². The molecular formula is C19H26N4O2. The van der Waals surface area contributed by atoms with Crippen molar-refractivity contribution in [2.24, 2.45) is 13.0 Å². The first-order valence-electron chi connectivity index (χ1n) is 8.69. The molecule has 3 atom stereocenters. The smallest absolute Gasteiger partial charge is 0.230 e. The maximum Gasteiger partial charge on any atom is 0.230 e. The van der Waals surface area contributed by atoms with Gasteiger partial charge in [-0.3, -0.25) is 14.4 Å². The molecule has 0 spiro atoms. The van der Waals surface area contributed by atoms with E-state index in [4.69, 9.17) is 0 Å². The van der Waals surface area contributed by atoms with Crippen LogP contribution in [0, 0.1) is 12.8 Å². The highest BCUT2D eigenvalue weighted by Crippen LogP contribution is 2.31. The van der Waals surface area contributed by atoms with Crippen molar-refractivity contribution >= 4 is 11.6 Å². The Hall–Kier alpha value is -2.18. The lowest BCUT2D eigenvalue weighted by Crippen LogP contribution is -2.42. The van der Waals surface area contributed by atoms with Gasteiger partial charge in [-0.2, -0.15) is 5.10 Å². The summed E-state index contributed by atoms with van der Waals surface area (Å²) in [5.74, 6) is -0.512. The van der Waals surface area contributed by atoms with Crippen molar-refractivity contribution in [2.45, 2.75) is 38.5 Å². The predicted molar refractivity (Wildman–Crippen MR) is 97.0 cm³/mol. The minimum atomic E-state index is -0.661. The van der Waals surface area contributed by atoms with E-state index in [1.807, 2.05) is 39.2 Å². The molecule has 6 nitrogen and oxygen atoms in total. The third kappa shape index (κ3) is 3.91. The van der Waals surface area contributed by atoms with Crippen molar-refractivity contribution in [2.75, 3.05) is 12.4 Å². The second-order valence-electron chi connectivity index (χ2n) is 6.93. The molecule has 0 aliphatic heterocycles. The zero-order valence-electron chi connectivity index (χ0n) is 15.0. The molecule has 1 aliphatic carbocycles. The summed E-state index contributed by atoms with van der Waals surface area (Å²) in [5, 5.41) is 17.8. The van der Waals surface area contributed by atoms with Crippen LogP contribution in [0.25, 0.3) is 0 Å². The first kappa shape index (κ1) is 17.6. The molecule has 3 rings (SSSR count). The van der Waals surface area contributed by atoms with Crippen molar-refractivity contribution in [1.82, 2.24) is 14.7 Å². The summed E-state index contributed by atoms with van der Waals surface area (Å²) in [5.41, 5.74) is 2.69. The number of likely N-dealkylation sites (N-methyl/N-ethyl adjacent to an activating group) is 1.